The number of halogens is 2. The summed E-state index contributed by atoms with van der Waals surface area (Å²) in [4.78, 5) is 4.34. The SMILES string of the molecule is CCCCCCC[C@H]1CO[C@H](c2ccc(-c3ccc(F)c(F)c3)nc2)OC1. The predicted octanol–water partition coefficient (Wildman–Crippen LogP) is 6.05. The first-order chi connectivity index (χ1) is 13.2. The molecule has 0 saturated carbocycles. The van der Waals surface area contributed by atoms with Gasteiger partial charge < -0.3 is 9.47 Å². The fraction of sp³-hybridized carbons (Fsp3) is 0.500. The number of benzene rings is 1. The van der Waals surface area contributed by atoms with Crippen LogP contribution in [0.25, 0.3) is 11.3 Å². The van der Waals surface area contributed by atoms with E-state index in [1.807, 2.05) is 6.07 Å². The highest BCUT2D eigenvalue weighted by atomic mass is 19.2. The van der Waals surface area contributed by atoms with Crippen molar-refractivity contribution >= 4 is 0 Å². The Morgan fingerprint density at radius 3 is 2.41 bits per heavy atom. The molecule has 2 heterocycles. The van der Waals surface area contributed by atoms with Crippen LogP contribution in [0.5, 0.6) is 0 Å². The highest BCUT2D eigenvalue weighted by Crippen LogP contribution is 2.28. The van der Waals surface area contributed by atoms with E-state index < -0.39 is 17.9 Å². The Kier molecular flexibility index (Phi) is 7.30. The molecule has 146 valence electrons. The van der Waals surface area contributed by atoms with Crippen LogP contribution in [0, 0.1) is 17.6 Å². The zero-order valence-electron chi connectivity index (χ0n) is 15.8. The van der Waals surface area contributed by atoms with Crippen molar-refractivity contribution in [2.75, 3.05) is 13.2 Å². The molecule has 1 fully saturated rings. The van der Waals surface area contributed by atoms with E-state index in [1.165, 1.54) is 38.2 Å². The molecule has 0 unspecified atom stereocenters. The molecule has 5 heteroatoms. The Labute approximate surface area is 159 Å². The molecule has 0 N–H and O–H groups in total. The average molecular weight is 375 g/mol. The molecule has 3 nitrogen and oxygen atoms in total. The van der Waals surface area contributed by atoms with E-state index in [-0.39, 0.29) is 0 Å². The third kappa shape index (κ3) is 5.56. The van der Waals surface area contributed by atoms with Gasteiger partial charge in [-0.1, -0.05) is 45.1 Å². The van der Waals surface area contributed by atoms with Crippen LogP contribution in [0.3, 0.4) is 0 Å². The maximum Gasteiger partial charge on any atom is 0.185 e. The summed E-state index contributed by atoms with van der Waals surface area (Å²) in [5.74, 6) is -1.28. The topological polar surface area (TPSA) is 31.4 Å². The summed E-state index contributed by atoms with van der Waals surface area (Å²) < 4.78 is 38.2. The maximum absolute atomic E-state index is 13.4. The monoisotopic (exact) mass is 375 g/mol. The summed E-state index contributed by atoms with van der Waals surface area (Å²) in [6.07, 6.45) is 8.80. The molecular weight excluding hydrogens is 348 g/mol. The van der Waals surface area contributed by atoms with Gasteiger partial charge in [0.05, 0.1) is 18.9 Å². The number of aromatic nitrogens is 1. The van der Waals surface area contributed by atoms with Crippen LogP contribution in [0.15, 0.2) is 36.5 Å². The predicted molar refractivity (Wildman–Crippen MR) is 101 cm³/mol. The highest BCUT2D eigenvalue weighted by molar-refractivity contribution is 5.59. The van der Waals surface area contributed by atoms with Crippen LogP contribution in [0.1, 0.15) is 57.3 Å². The molecule has 1 aliphatic heterocycles. The number of hydrogen-bond acceptors (Lipinski definition) is 3. The summed E-state index contributed by atoms with van der Waals surface area (Å²) >= 11 is 0. The van der Waals surface area contributed by atoms with E-state index in [4.69, 9.17) is 9.47 Å². The van der Waals surface area contributed by atoms with Gasteiger partial charge in [-0.15, -0.1) is 0 Å². The Morgan fingerprint density at radius 1 is 0.963 bits per heavy atom. The number of pyridine rings is 1. The molecule has 0 aliphatic carbocycles. The van der Waals surface area contributed by atoms with Crippen molar-refractivity contribution < 1.29 is 18.3 Å². The number of unbranched alkanes of at least 4 members (excludes halogenated alkanes) is 4. The second kappa shape index (κ2) is 9.90. The number of rotatable bonds is 8. The van der Waals surface area contributed by atoms with Crippen LogP contribution in [-0.2, 0) is 9.47 Å². The van der Waals surface area contributed by atoms with Crippen molar-refractivity contribution in [1.29, 1.82) is 0 Å². The molecule has 3 rings (SSSR count). The molecule has 1 aromatic heterocycles. The Hall–Kier alpha value is -1.85. The lowest BCUT2D eigenvalue weighted by Gasteiger charge is -2.29. The molecule has 27 heavy (non-hydrogen) atoms. The van der Waals surface area contributed by atoms with Gasteiger partial charge >= 0.3 is 0 Å². The first-order valence-electron chi connectivity index (χ1n) is 9.82. The van der Waals surface area contributed by atoms with E-state index in [1.54, 1.807) is 12.3 Å². The van der Waals surface area contributed by atoms with Crippen LogP contribution < -0.4 is 0 Å². The third-order valence-corrected chi connectivity index (χ3v) is 4.96. The summed E-state index contributed by atoms with van der Waals surface area (Å²) in [5.41, 5.74) is 1.95. The van der Waals surface area contributed by atoms with Gasteiger partial charge in [0.15, 0.2) is 17.9 Å². The highest BCUT2D eigenvalue weighted by Gasteiger charge is 2.23. The standard InChI is InChI=1S/C22H27F2NO2/c1-2-3-4-5-6-7-16-14-26-22(27-15-16)18-9-11-21(25-13-18)17-8-10-19(23)20(24)12-17/h8-13,16,22H,2-7,14-15H2,1H3/t16-,22-. The zero-order valence-corrected chi connectivity index (χ0v) is 15.8. The van der Waals surface area contributed by atoms with E-state index in [2.05, 4.69) is 11.9 Å². The molecule has 1 saturated heterocycles. The van der Waals surface area contributed by atoms with Crippen molar-refractivity contribution in [2.24, 2.45) is 5.92 Å². The molecule has 1 aromatic carbocycles. The minimum atomic E-state index is -0.877. The van der Waals surface area contributed by atoms with Gasteiger partial charge in [-0.3, -0.25) is 4.98 Å². The maximum atomic E-state index is 13.4. The van der Waals surface area contributed by atoms with Crippen molar-refractivity contribution in [1.82, 2.24) is 4.98 Å². The number of hydrogen-bond donors (Lipinski definition) is 0. The third-order valence-electron chi connectivity index (χ3n) is 4.96. The van der Waals surface area contributed by atoms with Crippen LogP contribution in [-0.4, -0.2) is 18.2 Å². The molecule has 0 spiro atoms. The van der Waals surface area contributed by atoms with Gasteiger partial charge in [0.1, 0.15) is 0 Å². The first kappa shape index (κ1) is 19.9. The van der Waals surface area contributed by atoms with E-state index >= 15 is 0 Å². The molecule has 0 amide bonds. The Balaban J connectivity index is 1.49. The van der Waals surface area contributed by atoms with Gasteiger partial charge in [0, 0.05) is 23.2 Å². The lowest BCUT2D eigenvalue weighted by Crippen LogP contribution is -2.27. The summed E-state index contributed by atoms with van der Waals surface area (Å²) in [6, 6.07) is 7.40. The fourth-order valence-electron chi connectivity index (χ4n) is 3.31. The van der Waals surface area contributed by atoms with Gasteiger partial charge in [0.25, 0.3) is 0 Å². The summed E-state index contributed by atoms with van der Waals surface area (Å²) in [5, 5.41) is 0. The molecular formula is C22H27F2NO2. The van der Waals surface area contributed by atoms with Gasteiger partial charge in [0.2, 0.25) is 0 Å². The normalized spacial score (nSPS) is 20.0. The number of ether oxygens (including phenoxy) is 2. The van der Waals surface area contributed by atoms with Crippen molar-refractivity contribution in [3.05, 3.63) is 53.7 Å². The van der Waals surface area contributed by atoms with Gasteiger partial charge in [-0.25, -0.2) is 8.78 Å². The minimum absolute atomic E-state index is 0.409. The fourth-order valence-corrected chi connectivity index (χ4v) is 3.31. The summed E-state index contributed by atoms with van der Waals surface area (Å²) in [6.45, 7) is 3.62. The molecule has 0 bridgehead atoms. The number of nitrogens with zero attached hydrogens (tertiary/aromatic N) is 1. The van der Waals surface area contributed by atoms with Gasteiger partial charge in [-0.2, -0.15) is 0 Å². The van der Waals surface area contributed by atoms with Crippen LogP contribution in [0.2, 0.25) is 0 Å². The summed E-state index contributed by atoms with van der Waals surface area (Å²) in [7, 11) is 0. The quantitative estimate of drug-likeness (QED) is 0.526. The largest absolute Gasteiger partial charge is 0.348 e. The molecule has 0 atom stereocenters. The molecule has 2 aromatic rings. The Bertz CT molecular complexity index is 713. The second-order valence-corrected chi connectivity index (χ2v) is 7.17. The lowest BCUT2D eigenvalue weighted by molar-refractivity contribution is -0.206. The Morgan fingerprint density at radius 2 is 1.74 bits per heavy atom. The minimum Gasteiger partial charge on any atom is -0.348 e. The van der Waals surface area contributed by atoms with Crippen molar-refractivity contribution in [2.45, 2.75) is 51.7 Å². The van der Waals surface area contributed by atoms with Crippen LogP contribution >= 0.6 is 0 Å². The van der Waals surface area contributed by atoms with Crippen molar-refractivity contribution in [3.8, 4) is 11.3 Å². The lowest BCUT2D eigenvalue weighted by atomic mass is 10.0. The van der Waals surface area contributed by atoms with Gasteiger partial charge in [-0.05, 0) is 30.7 Å². The van der Waals surface area contributed by atoms with E-state index in [9.17, 15) is 8.78 Å². The van der Waals surface area contributed by atoms with E-state index in [0.717, 1.165) is 24.1 Å². The average Bonchev–Trinajstić information content (AvgIpc) is 2.71. The molecule has 1 aliphatic rings. The van der Waals surface area contributed by atoms with Crippen LogP contribution in [0.4, 0.5) is 8.78 Å². The zero-order chi connectivity index (χ0) is 19.1. The van der Waals surface area contributed by atoms with E-state index in [0.29, 0.717) is 30.4 Å². The molecule has 0 radical (unpaired) electrons. The first-order valence-corrected chi connectivity index (χ1v) is 9.82. The second-order valence-electron chi connectivity index (χ2n) is 7.17. The van der Waals surface area contributed by atoms with Crippen molar-refractivity contribution in [3.63, 3.8) is 0 Å². The smallest absolute Gasteiger partial charge is 0.185 e.